The van der Waals surface area contributed by atoms with Crippen molar-refractivity contribution >= 4 is 65.6 Å². The number of rotatable bonds is 4. The number of benzene rings is 8. The van der Waals surface area contributed by atoms with Crippen molar-refractivity contribution in [2.45, 2.75) is 0 Å². The standard InChI is InChI=1S/C49H29N3O/c50-30-31-16-22-35(23-17-31)51-44-13-4-1-8-38(44)42-28-33(20-26-46(42)51)34-21-27-47-43(29-34)39-9-2-5-14-45(39)52(47)36-24-18-32(19-25-36)37-11-7-12-41-40-10-3-6-15-48(40)53-49(37)41/h1-29H. The fourth-order valence-corrected chi connectivity index (χ4v) is 8.31. The number of nitrogens with zero attached hydrogens (tertiary/aromatic N) is 3. The van der Waals surface area contributed by atoms with Crippen LogP contribution in [0.4, 0.5) is 0 Å². The van der Waals surface area contributed by atoms with Crippen molar-refractivity contribution in [3.63, 3.8) is 0 Å². The first-order valence-electron chi connectivity index (χ1n) is 17.8. The Labute approximate surface area is 304 Å². The van der Waals surface area contributed by atoms with Gasteiger partial charge in [-0.25, -0.2) is 0 Å². The highest BCUT2D eigenvalue weighted by Gasteiger charge is 2.17. The van der Waals surface area contributed by atoms with Crippen LogP contribution in [0.25, 0.3) is 99.2 Å². The number of aromatic nitrogens is 2. The van der Waals surface area contributed by atoms with E-state index in [1.807, 2.05) is 36.4 Å². The van der Waals surface area contributed by atoms with Gasteiger partial charge >= 0.3 is 0 Å². The molecule has 0 aliphatic carbocycles. The van der Waals surface area contributed by atoms with Crippen LogP contribution in [0.3, 0.4) is 0 Å². The normalized spacial score (nSPS) is 11.8. The number of nitriles is 1. The van der Waals surface area contributed by atoms with Gasteiger partial charge in [0.05, 0.1) is 33.7 Å². The summed E-state index contributed by atoms with van der Waals surface area (Å²) in [5.41, 5.74) is 13.8. The van der Waals surface area contributed by atoms with Crippen LogP contribution < -0.4 is 0 Å². The lowest BCUT2D eigenvalue weighted by atomic mass is 10.0. The van der Waals surface area contributed by atoms with E-state index < -0.39 is 0 Å². The number of para-hydroxylation sites is 4. The Hall–Kier alpha value is -7.35. The number of furan rings is 1. The van der Waals surface area contributed by atoms with Crippen LogP contribution in [-0.4, -0.2) is 9.13 Å². The van der Waals surface area contributed by atoms with Gasteiger partial charge in [0.2, 0.25) is 0 Å². The molecule has 0 N–H and O–H groups in total. The molecule has 0 aliphatic rings. The minimum absolute atomic E-state index is 0.655. The maximum Gasteiger partial charge on any atom is 0.143 e. The molecule has 3 heterocycles. The second-order valence-corrected chi connectivity index (χ2v) is 13.7. The molecule has 11 aromatic rings. The van der Waals surface area contributed by atoms with Gasteiger partial charge in [-0.05, 0) is 95.6 Å². The monoisotopic (exact) mass is 675 g/mol. The smallest absolute Gasteiger partial charge is 0.143 e. The van der Waals surface area contributed by atoms with Gasteiger partial charge in [-0.3, -0.25) is 0 Å². The van der Waals surface area contributed by atoms with Crippen molar-refractivity contribution in [1.82, 2.24) is 9.13 Å². The lowest BCUT2D eigenvalue weighted by Crippen LogP contribution is -1.94. The van der Waals surface area contributed by atoms with Gasteiger partial charge in [0.1, 0.15) is 11.2 Å². The van der Waals surface area contributed by atoms with E-state index in [9.17, 15) is 5.26 Å². The molecule has 0 amide bonds. The largest absolute Gasteiger partial charge is 0.455 e. The lowest BCUT2D eigenvalue weighted by molar-refractivity contribution is 0.670. The molecular formula is C49H29N3O. The number of hydrogen-bond acceptors (Lipinski definition) is 2. The van der Waals surface area contributed by atoms with Gasteiger partial charge in [0.25, 0.3) is 0 Å². The molecule has 0 atom stereocenters. The topological polar surface area (TPSA) is 46.8 Å². The maximum atomic E-state index is 9.36. The predicted molar refractivity (Wildman–Crippen MR) is 218 cm³/mol. The van der Waals surface area contributed by atoms with Gasteiger partial charge < -0.3 is 13.6 Å². The third kappa shape index (κ3) is 4.41. The minimum atomic E-state index is 0.655. The second-order valence-electron chi connectivity index (χ2n) is 13.7. The summed E-state index contributed by atoms with van der Waals surface area (Å²) in [4.78, 5) is 0. The Morgan fingerprint density at radius 1 is 0.396 bits per heavy atom. The van der Waals surface area contributed by atoms with E-state index in [1.165, 1.54) is 43.7 Å². The summed E-state index contributed by atoms with van der Waals surface area (Å²) in [7, 11) is 0. The molecule has 0 spiro atoms. The van der Waals surface area contributed by atoms with E-state index in [2.05, 4.69) is 155 Å². The van der Waals surface area contributed by atoms with Crippen LogP contribution in [0.1, 0.15) is 5.56 Å². The summed E-state index contributed by atoms with van der Waals surface area (Å²) < 4.78 is 11.0. The van der Waals surface area contributed by atoms with E-state index in [0.29, 0.717) is 5.56 Å². The third-order valence-corrected chi connectivity index (χ3v) is 10.8. The summed E-state index contributed by atoms with van der Waals surface area (Å²) in [5.74, 6) is 0. The zero-order valence-electron chi connectivity index (χ0n) is 28.5. The molecular weight excluding hydrogens is 647 g/mol. The Bertz CT molecular complexity index is 3280. The van der Waals surface area contributed by atoms with Crippen LogP contribution in [0.15, 0.2) is 180 Å². The molecule has 0 fully saturated rings. The summed E-state index contributed by atoms with van der Waals surface area (Å²) in [6.07, 6.45) is 0. The highest BCUT2D eigenvalue weighted by molar-refractivity contribution is 6.13. The molecule has 0 unspecified atom stereocenters. The molecule has 53 heavy (non-hydrogen) atoms. The maximum absolute atomic E-state index is 9.36. The van der Waals surface area contributed by atoms with Crippen LogP contribution in [-0.2, 0) is 0 Å². The third-order valence-electron chi connectivity index (χ3n) is 10.8. The minimum Gasteiger partial charge on any atom is -0.455 e. The highest BCUT2D eigenvalue weighted by atomic mass is 16.3. The van der Waals surface area contributed by atoms with Crippen LogP contribution in [0, 0.1) is 11.3 Å². The summed E-state index contributed by atoms with van der Waals surface area (Å²) in [6.45, 7) is 0. The molecule has 246 valence electrons. The lowest BCUT2D eigenvalue weighted by Gasteiger charge is -2.10. The number of hydrogen-bond donors (Lipinski definition) is 0. The van der Waals surface area contributed by atoms with Gasteiger partial charge in [0.15, 0.2) is 0 Å². The van der Waals surface area contributed by atoms with Crippen molar-refractivity contribution in [2.75, 3.05) is 0 Å². The fraction of sp³-hybridized carbons (Fsp3) is 0. The number of fused-ring (bicyclic) bond motifs is 9. The average molecular weight is 676 g/mol. The van der Waals surface area contributed by atoms with Crippen molar-refractivity contribution in [1.29, 1.82) is 5.26 Å². The SMILES string of the molecule is N#Cc1ccc(-n2c3ccccc3c3cc(-c4ccc5c(c4)c4ccccc4n5-c4ccc(-c5cccc6c5oc5ccccc56)cc4)ccc32)cc1. The molecule has 0 aliphatic heterocycles. The molecule has 8 aromatic carbocycles. The van der Waals surface area contributed by atoms with Gasteiger partial charge in [-0.15, -0.1) is 0 Å². The van der Waals surface area contributed by atoms with E-state index in [4.69, 9.17) is 4.42 Å². The van der Waals surface area contributed by atoms with E-state index in [0.717, 1.165) is 55.5 Å². The summed E-state index contributed by atoms with van der Waals surface area (Å²) in [6, 6.07) is 64.4. The highest BCUT2D eigenvalue weighted by Crippen LogP contribution is 2.40. The first kappa shape index (κ1) is 29.4. The molecule has 11 rings (SSSR count). The zero-order chi connectivity index (χ0) is 35.0. The quantitative estimate of drug-likeness (QED) is 0.186. The van der Waals surface area contributed by atoms with Gasteiger partial charge in [-0.2, -0.15) is 5.26 Å². The van der Waals surface area contributed by atoms with Crippen molar-refractivity contribution in [2.24, 2.45) is 0 Å². The van der Waals surface area contributed by atoms with Gasteiger partial charge in [0, 0.05) is 49.3 Å². The van der Waals surface area contributed by atoms with Crippen molar-refractivity contribution in [3.05, 3.63) is 181 Å². The van der Waals surface area contributed by atoms with E-state index in [1.54, 1.807) is 0 Å². The van der Waals surface area contributed by atoms with E-state index in [-0.39, 0.29) is 0 Å². The Kier molecular flexibility index (Phi) is 6.28. The van der Waals surface area contributed by atoms with Crippen molar-refractivity contribution in [3.8, 4) is 39.7 Å². The first-order valence-corrected chi connectivity index (χ1v) is 17.8. The summed E-state index contributed by atoms with van der Waals surface area (Å²) in [5, 5.41) is 16.5. The van der Waals surface area contributed by atoms with Crippen molar-refractivity contribution < 1.29 is 4.42 Å². The Morgan fingerprint density at radius 3 is 1.49 bits per heavy atom. The zero-order valence-corrected chi connectivity index (χ0v) is 28.5. The average Bonchev–Trinajstić information content (AvgIpc) is 3.88. The van der Waals surface area contributed by atoms with Crippen LogP contribution in [0.2, 0.25) is 0 Å². The molecule has 3 aromatic heterocycles. The molecule has 4 nitrogen and oxygen atoms in total. The molecule has 0 saturated carbocycles. The van der Waals surface area contributed by atoms with Crippen LogP contribution >= 0.6 is 0 Å². The molecule has 0 radical (unpaired) electrons. The predicted octanol–water partition coefficient (Wildman–Crippen LogP) is 13.0. The first-order chi connectivity index (χ1) is 26.2. The van der Waals surface area contributed by atoms with E-state index >= 15 is 0 Å². The second kappa shape index (κ2) is 11.3. The molecule has 0 saturated heterocycles. The van der Waals surface area contributed by atoms with Crippen LogP contribution in [0.5, 0.6) is 0 Å². The Balaban J connectivity index is 1.02. The molecule has 0 bridgehead atoms. The summed E-state index contributed by atoms with van der Waals surface area (Å²) >= 11 is 0. The fourth-order valence-electron chi connectivity index (χ4n) is 8.31. The molecule has 4 heteroatoms. The Morgan fingerprint density at radius 2 is 0.887 bits per heavy atom. The van der Waals surface area contributed by atoms with Gasteiger partial charge in [-0.1, -0.05) is 97.1 Å².